The third-order valence-corrected chi connectivity index (χ3v) is 4.09. The molecule has 4 nitrogen and oxygen atoms in total. The summed E-state index contributed by atoms with van der Waals surface area (Å²) in [6.45, 7) is 3.77. The van der Waals surface area contributed by atoms with E-state index in [0.29, 0.717) is 6.04 Å². The van der Waals surface area contributed by atoms with Crippen molar-refractivity contribution in [3.63, 3.8) is 0 Å². The Morgan fingerprint density at radius 2 is 2.06 bits per heavy atom. The number of fused-ring (bicyclic) bond motifs is 1. The average molecular weight is 286 g/mol. The number of halogens is 1. The van der Waals surface area contributed by atoms with Gasteiger partial charge in [0.2, 0.25) is 0 Å². The van der Waals surface area contributed by atoms with Gasteiger partial charge in [0.15, 0.2) is 0 Å². The van der Waals surface area contributed by atoms with Gasteiger partial charge in [-0.2, -0.15) is 5.10 Å². The largest absolute Gasteiger partial charge is 0.381 e. The van der Waals surface area contributed by atoms with Crippen molar-refractivity contribution in [1.29, 1.82) is 0 Å². The predicted molar refractivity (Wildman–Crippen MR) is 64.2 cm³/mol. The van der Waals surface area contributed by atoms with Crippen molar-refractivity contribution < 1.29 is 4.74 Å². The second-order valence-electron chi connectivity index (χ2n) is 4.68. The molecule has 1 saturated heterocycles. The zero-order chi connectivity index (χ0) is 11.1. The highest BCUT2D eigenvalue weighted by Crippen LogP contribution is 2.32. The Morgan fingerprint density at radius 3 is 2.81 bits per heavy atom. The van der Waals surface area contributed by atoms with Gasteiger partial charge >= 0.3 is 0 Å². The lowest BCUT2D eigenvalue weighted by atomic mass is 10.1. The predicted octanol–water partition coefficient (Wildman–Crippen LogP) is 1.94. The smallest absolute Gasteiger partial charge is 0.132 e. The number of aromatic nitrogens is 2. The van der Waals surface area contributed by atoms with Crippen LogP contribution in [0.15, 0.2) is 4.60 Å². The molecule has 0 radical (unpaired) electrons. The standard InChI is InChI=1S/C11H16BrN3O/c1-14-6-9-10(7-14)15(13-11(9)12)8-2-4-16-5-3-8/h8H,2-7H2,1H3. The summed E-state index contributed by atoms with van der Waals surface area (Å²) in [6.07, 6.45) is 2.18. The molecule has 0 amide bonds. The molecule has 0 spiro atoms. The van der Waals surface area contributed by atoms with E-state index >= 15 is 0 Å². The lowest BCUT2D eigenvalue weighted by Gasteiger charge is -2.24. The molecular weight excluding hydrogens is 270 g/mol. The van der Waals surface area contributed by atoms with Crippen LogP contribution in [0.4, 0.5) is 0 Å². The normalized spacial score (nSPS) is 22.6. The molecule has 16 heavy (non-hydrogen) atoms. The molecule has 0 aromatic carbocycles. The molecule has 0 bridgehead atoms. The van der Waals surface area contributed by atoms with E-state index in [9.17, 15) is 0 Å². The van der Waals surface area contributed by atoms with E-state index in [-0.39, 0.29) is 0 Å². The summed E-state index contributed by atoms with van der Waals surface area (Å²) in [5, 5.41) is 4.64. The van der Waals surface area contributed by atoms with Gasteiger partial charge in [-0.3, -0.25) is 9.58 Å². The molecule has 0 unspecified atom stereocenters. The number of hydrogen-bond donors (Lipinski definition) is 0. The van der Waals surface area contributed by atoms with Gasteiger partial charge in [-0.05, 0) is 35.8 Å². The van der Waals surface area contributed by atoms with Crippen molar-refractivity contribution in [3.05, 3.63) is 15.9 Å². The molecule has 1 aromatic rings. The first-order chi connectivity index (χ1) is 7.75. The molecule has 0 atom stereocenters. The molecule has 1 aromatic heterocycles. The molecule has 0 N–H and O–H groups in total. The third-order valence-electron chi connectivity index (χ3n) is 3.45. The first-order valence-corrected chi connectivity index (χ1v) is 6.57. The van der Waals surface area contributed by atoms with Gasteiger partial charge in [0.1, 0.15) is 4.60 Å². The summed E-state index contributed by atoms with van der Waals surface area (Å²) in [4.78, 5) is 2.33. The van der Waals surface area contributed by atoms with Gasteiger partial charge in [0.05, 0.1) is 11.7 Å². The topological polar surface area (TPSA) is 30.3 Å². The Bertz CT molecular complexity index is 398. The summed E-state index contributed by atoms with van der Waals surface area (Å²) in [6, 6.07) is 0.528. The van der Waals surface area contributed by atoms with Crippen LogP contribution < -0.4 is 0 Å². The lowest BCUT2D eigenvalue weighted by molar-refractivity contribution is 0.0650. The van der Waals surface area contributed by atoms with E-state index in [2.05, 4.69) is 37.7 Å². The van der Waals surface area contributed by atoms with Crippen LogP contribution in [0.2, 0.25) is 0 Å². The van der Waals surface area contributed by atoms with Crippen LogP contribution in [0.5, 0.6) is 0 Å². The monoisotopic (exact) mass is 285 g/mol. The summed E-state index contributed by atoms with van der Waals surface area (Å²) in [5.41, 5.74) is 2.76. The lowest BCUT2D eigenvalue weighted by Crippen LogP contribution is -2.23. The Morgan fingerprint density at radius 1 is 1.31 bits per heavy atom. The molecule has 3 heterocycles. The number of hydrogen-bond acceptors (Lipinski definition) is 3. The zero-order valence-electron chi connectivity index (χ0n) is 9.45. The Labute approximate surface area is 104 Å². The first kappa shape index (κ1) is 10.7. The van der Waals surface area contributed by atoms with E-state index in [1.54, 1.807) is 0 Å². The van der Waals surface area contributed by atoms with E-state index in [1.807, 2.05) is 0 Å². The van der Waals surface area contributed by atoms with Gasteiger partial charge < -0.3 is 4.74 Å². The van der Waals surface area contributed by atoms with Crippen molar-refractivity contribution in [2.75, 3.05) is 20.3 Å². The van der Waals surface area contributed by atoms with Gasteiger partial charge in [-0.25, -0.2) is 0 Å². The van der Waals surface area contributed by atoms with Crippen molar-refractivity contribution in [2.45, 2.75) is 32.0 Å². The quantitative estimate of drug-likeness (QED) is 0.790. The Balaban J connectivity index is 1.93. The van der Waals surface area contributed by atoms with Gasteiger partial charge in [0, 0.05) is 31.9 Å². The third kappa shape index (κ3) is 1.71. The van der Waals surface area contributed by atoms with Gasteiger partial charge in [0.25, 0.3) is 0 Å². The minimum Gasteiger partial charge on any atom is -0.381 e. The molecule has 5 heteroatoms. The maximum absolute atomic E-state index is 5.41. The minimum atomic E-state index is 0.528. The first-order valence-electron chi connectivity index (χ1n) is 5.78. The highest BCUT2D eigenvalue weighted by Gasteiger charge is 2.28. The molecule has 1 fully saturated rings. The second kappa shape index (κ2) is 4.13. The molecule has 0 saturated carbocycles. The van der Waals surface area contributed by atoms with Crippen LogP contribution in [-0.2, 0) is 17.8 Å². The number of nitrogens with zero attached hydrogens (tertiary/aromatic N) is 3. The summed E-state index contributed by atoms with van der Waals surface area (Å²) >= 11 is 3.57. The van der Waals surface area contributed by atoms with E-state index in [1.165, 1.54) is 11.3 Å². The summed E-state index contributed by atoms with van der Waals surface area (Å²) in [7, 11) is 2.15. The molecule has 0 aliphatic carbocycles. The molecule has 88 valence electrons. The summed E-state index contributed by atoms with van der Waals surface area (Å²) < 4.78 is 8.66. The van der Waals surface area contributed by atoms with Crippen molar-refractivity contribution >= 4 is 15.9 Å². The van der Waals surface area contributed by atoms with E-state index in [4.69, 9.17) is 4.74 Å². The number of ether oxygens (including phenoxy) is 1. The van der Waals surface area contributed by atoms with Gasteiger partial charge in [-0.15, -0.1) is 0 Å². The highest BCUT2D eigenvalue weighted by molar-refractivity contribution is 9.10. The Kier molecular flexibility index (Phi) is 2.77. The average Bonchev–Trinajstić information content (AvgIpc) is 2.80. The molecular formula is C11H16BrN3O. The Hall–Kier alpha value is -0.390. The van der Waals surface area contributed by atoms with Crippen molar-refractivity contribution in [1.82, 2.24) is 14.7 Å². The van der Waals surface area contributed by atoms with Crippen LogP contribution in [0.3, 0.4) is 0 Å². The van der Waals surface area contributed by atoms with E-state index in [0.717, 1.165) is 43.7 Å². The molecule has 2 aliphatic rings. The summed E-state index contributed by atoms with van der Waals surface area (Å²) in [5.74, 6) is 0. The zero-order valence-corrected chi connectivity index (χ0v) is 11.0. The fourth-order valence-electron chi connectivity index (χ4n) is 2.61. The SMILES string of the molecule is CN1Cc2c(Br)nn(C3CCOCC3)c2C1. The maximum Gasteiger partial charge on any atom is 0.132 e. The van der Waals surface area contributed by atoms with E-state index < -0.39 is 0 Å². The van der Waals surface area contributed by atoms with Crippen LogP contribution in [-0.4, -0.2) is 34.9 Å². The molecule has 3 rings (SSSR count). The minimum absolute atomic E-state index is 0.528. The van der Waals surface area contributed by atoms with Crippen LogP contribution in [0.25, 0.3) is 0 Å². The highest BCUT2D eigenvalue weighted by atomic mass is 79.9. The number of rotatable bonds is 1. The molecule has 2 aliphatic heterocycles. The van der Waals surface area contributed by atoms with Crippen LogP contribution >= 0.6 is 15.9 Å². The van der Waals surface area contributed by atoms with Crippen LogP contribution in [0.1, 0.15) is 30.1 Å². The second-order valence-corrected chi connectivity index (χ2v) is 5.43. The van der Waals surface area contributed by atoms with Gasteiger partial charge in [-0.1, -0.05) is 0 Å². The fraction of sp³-hybridized carbons (Fsp3) is 0.727. The van der Waals surface area contributed by atoms with Crippen molar-refractivity contribution in [2.24, 2.45) is 0 Å². The van der Waals surface area contributed by atoms with Crippen LogP contribution in [0, 0.1) is 0 Å². The fourth-order valence-corrected chi connectivity index (χ4v) is 3.14. The van der Waals surface area contributed by atoms with Crippen molar-refractivity contribution in [3.8, 4) is 0 Å². The maximum atomic E-state index is 5.41.